The van der Waals surface area contributed by atoms with Gasteiger partial charge in [0.15, 0.2) is 11.5 Å². The van der Waals surface area contributed by atoms with E-state index in [0.717, 1.165) is 22.3 Å². The molecule has 0 amide bonds. The lowest BCUT2D eigenvalue weighted by molar-refractivity contribution is 0.0691. The van der Waals surface area contributed by atoms with Crippen LogP contribution in [0.1, 0.15) is 21.6 Å². The summed E-state index contributed by atoms with van der Waals surface area (Å²) in [5.74, 6) is -0.483. The fourth-order valence-electron chi connectivity index (χ4n) is 2.33. The first kappa shape index (κ1) is 14.1. The summed E-state index contributed by atoms with van der Waals surface area (Å²) >= 11 is 0. The molecule has 0 unspecified atom stereocenters. The number of carboxylic acids is 1. The number of nitrogens with zero attached hydrogens (tertiary/aromatic N) is 1. The van der Waals surface area contributed by atoms with E-state index in [1.807, 2.05) is 62.4 Å². The van der Waals surface area contributed by atoms with Gasteiger partial charge >= 0.3 is 5.97 Å². The fourth-order valence-corrected chi connectivity index (χ4v) is 2.33. The molecule has 22 heavy (non-hydrogen) atoms. The lowest BCUT2D eigenvalue weighted by atomic mass is 10.0. The maximum atomic E-state index is 11.5. The summed E-state index contributed by atoms with van der Waals surface area (Å²) < 4.78 is 5.79. The van der Waals surface area contributed by atoms with Crippen molar-refractivity contribution in [2.75, 3.05) is 0 Å². The molecule has 110 valence electrons. The van der Waals surface area contributed by atoms with Crippen molar-refractivity contribution in [2.45, 2.75) is 13.8 Å². The van der Waals surface area contributed by atoms with Crippen molar-refractivity contribution in [3.05, 3.63) is 65.4 Å². The van der Waals surface area contributed by atoms with E-state index in [9.17, 15) is 9.90 Å². The number of carbonyl (C=O) groups is 1. The standard InChI is InChI=1S/C18H15NO3/c1-11-8-9-12(2)14(10-11)16-15(18(20)21)19-17(22-16)13-6-4-3-5-7-13/h3-10H,1-2H3,(H,20,21). The van der Waals surface area contributed by atoms with E-state index in [1.54, 1.807) is 0 Å². The molecule has 0 fully saturated rings. The van der Waals surface area contributed by atoms with Gasteiger partial charge in [0.1, 0.15) is 0 Å². The molecule has 0 saturated heterocycles. The Balaban J connectivity index is 2.21. The van der Waals surface area contributed by atoms with Gasteiger partial charge in [0.05, 0.1) is 0 Å². The number of carboxylic acid groups (broad SMARTS) is 1. The van der Waals surface area contributed by atoms with Crippen LogP contribution in [-0.4, -0.2) is 16.1 Å². The minimum absolute atomic E-state index is 0.0625. The molecule has 0 spiro atoms. The average molecular weight is 293 g/mol. The van der Waals surface area contributed by atoms with Gasteiger partial charge in [-0.25, -0.2) is 9.78 Å². The number of hydrogen-bond acceptors (Lipinski definition) is 3. The first-order valence-electron chi connectivity index (χ1n) is 6.93. The zero-order chi connectivity index (χ0) is 15.7. The third-order valence-corrected chi connectivity index (χ3v) is 3.49. The number of aromatic carboxylic acids is 1. The normalized spacial score (nSPS) is 10.6. The van der Waals surface area contributed by atoms with Gasteiger partial charge in [0, 0.05) is 11.1 Å². The fraction of sp³-hybridized carbons (Fsp3) is 0.111. The van der Waals surface area contributed by atoms with Gasteiger partial charge in [0.25, 0.3) is 0 Å². The minimum Gasteiger partial charge on any atom is -0.476 e. The van der Waals surface area contributed by atoms with Gasteiger partial charge < -0.3 is 9.52 Å². The number of rotatable bonds is 3. The summed E-state index contributed by atoms with van der Waals surface area (Å²) in [6, 6.07) is 15.1. The zero-order valence-corrected chi connectivity index (χ0v) is 12.3. The van der Waals surface area contributed by atoms with E-state index in [2.05, 4.69) is 4.98 Å². The molecule has 0 aliphatic heterocycles. The van der Waals surface area contributed by atoms with Gasteiger partial charge in [0.2, 0.25) is 5.89 Å². The molecule has 1 aromatic heterocycles. The Bertz CT molecular complexity index is 835. The van der Waals surface area contributed by atoms with Crippen LogP contribution in [0.3, 0.4) is 0 Å². The zero-order valence-electron chi connectivity index (χ0n) is 12.3. The Morgan fingerprint density at radius 1 is 1.09 bits per heavy atom. The highest BCUT2D eigenvalue weighted by atomic mass is 16.4. The Hall–Kier alpha value is -2.88. The van der Waals surface area contributed by atoms with E-state index in [-0.39, 0.29) is 5.69 Å². The second-order valence-corrected chi connectivity index (χ2v) is 5.19. The molecule has 4 heteroatoms. The summed E-state index contributed by atoms with van der Waals surface area (Å²) in [6.45, 7) is 3.88. The number of aryl methyl sites for hydroxylation is 2. The monoisotopic (exact) mass is 293 g/mol. The summed E-state index contributed by atoms with van der Waals surface area (Å²) in [6.07, 6.45) is 0. The van der Waals surface area contributed by atoms with Crippen molar-refractivity contribution in [2.24, 2.45) is 0 Å². The van der Waals surface area contributed by atoms with Gasteiger partial charge in [-0.05, 0) is 37.6 Å². The van der Waals surface area contributed by atoms with Crippen molar-refractivity contribution < 1.29 is 14.3 Å². The Morgan fingerprint density at radius 2 is 1.82 bits per heavy atom. The molecule has 0 saturated carbocycles. The topological polar surface area (TPSA) is 63.3 Å². The maximum Gasteiger partial charge on any atom is 0.358 e. The van der Waals surface area contributed by atoms with Crippen molar-refractivity contribution in [1.82, 2.24) is 4.98 Å². The third-order valence-electron chi connectivity index (χ3n) is 3.49. The van der Waals surface area contributed by atoms with Crippen LogP contribution < -0.4 is 0 Å². The molecule has 0 atom stereocenters. The van der Waals surface area contributed by atoms with Crippen molar-refractivity contribution in [1.29, 1.82) is 0 Å². The highest BCUT2D eigenvalue weighted by Crippen LogP contribution is 2.32. The average Bonchev–Trinajstić information content (AvgIpc) is 2.96. The highest BCUT2D eigenvalue weighted by molar-refractivity contribution is 5.93. The molecule has 4 nitrogen and oxygen atoms in total. The SMILES string of the molecule is Cc1ccc(C)c(-c2oc(-c3ccccc3)nc2C(=O)O)c1. The number of benzene rings is 2. The van der Waals surface area contributed by atoms with E-state index < -0.39 is 5.97 Å². The Morgan fingerprint density at radius 3 is 2.50 bits per heavy atom. The van der Waals surface area contributed by atoms with Crippen LogP contribution in [0, 0.1) is 13.8 Å². The number of aromatic nitrogens is 1. The van der Waals surface area contributed by atoms with Crippen LogP contribution >= 0.6 is 0 Å². The van der Waals surface area contributed by atoms with E-state index in [4.69, 9.17) is 4.42 Å². The highest BCUT2D eigenvalue weighted by Gasteiger charge is 2.22. The predicted octanol–water partition coefficient (Wildman–Crippen LogP) is 4.32. The molecule has 1 heterocycles. The second kappa shape index (κ2) is 5.48. The number of oxazole rings is 1. The first-order chi connectivity index (χ1) is 10.6. The van der Waals surface area contributed by atoms with Gasteiger partial charge in [-0.15, -0.1) is 0 Å². The summed E-state index contributed by atoms with van der Waals surface area (Å²) in [4.78, 5) is 15.7. The molecule has 0 bridgehead atoms. The minimum atomic E-state index is -1.10. The quantitative estimate of drug-likeness (QED) is 0.781. The summed E-state index contributed by atoms with van der Waals surface area (Å²) in [7, 11) is 0. The van der Waals surface area contributed by atoms with E-state index in [0.29, 0.717) is 11.7 Å². The summed E-state index contributed by atoms with van der Waals surface area (Å²) in [5.41, 5.74) is 3.43. The van der Waals surface area contributed by atoms with E-state index in [1.165, 1.54) is 0 Å². The lowest BCUT2D eigenvalue weighted by Crippen LogP contribution is -1.99. The van der Waals surface area contributed by atoms with Crippen LogP contribution in [0.4, 0.5) is 0 Å². The molecule has 0 aliphatic carbocycles. The van der Waals surface area contributed by atoms with Crippen LogP contribution in [0.2, 0.25) is 0 Å². The van der Waals surface area contributed by atoms with Crippen LogP contribution in [0.5, 0.6) is 0 Å². The lowest BCUT2D eigenvalue weighted by Gasteiger charge is -2.04. The molecular formula is C18H15NO3. The Kier molecular flexibility index (Phi) is 3.51. The molecule has 1 N–H and O–H groups in total. The molecule has 0 aliphatic rings. The van der Waals surface area contributed by atoms with Gasteiger partial charge in [-0.3, -0.25) is 0 Å². The molecule has 2 aromatic carbocycles. The molecular weight excluding hydrogens is 278 g/mol. The maximum absolute atomic E-state index is 11.5. The smallest absolute Gasteiger partial charge is 0.358 e. The molecule has 3 rings (SSSR count). The Labute approximate surface area is 128 Å². The first-order valence-corrected chi connectivity index (χ1v) is 6.93. The number of hydrogen-bond donors (Lipinski definition) is 1. The van der Waals surface area contributed by atoms with Gasteiger partial charge in [-0.2, -0.15) is 0 Å². The van der Waals surface area contributed by atoms with Crippen LogP contribution in [0.25, 0.3) is 22.8 Å². The summed E-state index contributed by atoms with van der Waals surface area (Å²) in [5, 5.41) is 9.42. The van der Waals surface area contributed by atoms with Crippen molar-refractivity contribution >= 4 is 5.97 Å². The second-order valence-electron chi connectivity index (χ2n) is 5.19. The van der Waals surface area contributed by atoms with Gasteiger partial charge in [-0.1, -0.05) is 35.9 Å². The third kappa shape index (κ3) is 2.51. The van der Waals surface area contributed by atoms with Crippen molar-refractivity contribution in [3.8, 4) is 22.8 Å². The van der Waals surface area contributed by atoms with Crippen molar-refractivity contribution in [3.63, 3.8) is 0 Å². The van der Waals surface area contributed by atoms with Crippen LogP contribution in [0.15, 0.2) is 52.9 Å². The molecule has 3 aromatic rings. The predicted molar refractivity (Wildman–Crippen MR) is 83.8 cm³/mol. The van der Waals surface area contributed by atoms with Crippen LogP contribution in [-0.2, 0) is 0 Å². The largest absolute Gasteiger partial charge is 0.476 e. The molecule has 0 radical (unpaired) electrons. The van der Waals surface area contributed by atoms with E-state index >= 15 is 0 Å².